The second-order valence-corrected chi connectivity index (χ2v) is 6.18. The molecule has 0 atom stereocenters. The molecule has 0 fully saturated rings. The van der Waals surface area contributed by atoms with Crippen LogP contribution in [-0.2, 0) is 5.54 Å². The van der Waals surface area contributed by atoms with Crippen LogP contribution < -0.4 is 5.32 Å². The normalized spacial score (nSPS) is 11.3. The third-order valence-electron chi connectivity index (χ3n) is 3.42. The molecular formula is C17H15ClN4O2. The molecule has 6 nitrogen and oxygen atoms in total. The molecule has 1 N–H and O–H groups in total. The van der Waals surface area contributed by atoms with Gasteiger partial charge in [-0.05, 0) is 38.1 Å². The van der Waals surface area contributed by atoms with E-state index in [9.17, 15) is 4.79 Å². The van der Waals surface area contributed by atoms with Gasteiger partial charge in [-0.1, -0.05) is 29.8 Å². The van der Waals surface area contributed by atoms with E-state index in [2.05, 4.69) is 20.5 Å². The summed E-state index contributed by atoms with van der Waals surface area (Å²) in [5.41, 5.74) is 0.996. The number of amides is 1. The highest BCUT2D eigenvalue weighted by Gasteiger charge is 2.29. The third-order valence-corrected chi connectivity index (χ3v) is 3.66. The molecule has 0 aliphatic carbocycles. The predicted octanol–water partition coefficient (Wildman–Crippen LogP) is 3.45. The molecule has 0 radical (unpaired) electrons. The summed E-state index contributed by atoms with van der Waals surface area (Å²) in [5.74, 6) is -0.0103. The molecule has 2 heterocycles. The Morgan fingerprint density at radius 1 is 1.21 bits per heavy atom. The lowest BCUT2D eigenvalue weighted by Crippen LogP contribution is -2.41. The van der Waals surface area contributed by atoms with Crippen molar-refractivity contribution in [3.8, 4) is 11.3 Å². The molecule has 7 heteroatoms. The van der Waals surface area contributed by atoms with Gasteiger partial charge in [0.25, 0.3) is 5.91 Å². The van der Waals surface area contributed by atoms with Gasteiger partial charge in [0.15, 0.2) is 0 Å². The SMILES string of the molecule is CC(C)(NC(=O)c1cccc(-c2cccc(Cl)c2)n1)c1nnco1. The Morgan fingerprint density at radius 2 is 2.00 bits per heavy atom. The summed E-state index contributed by atoms with van der Waals surface area (Å²) in [6.45, 7) is 3.55. The van der Waals surface area contributed by atoms with Gasteiger partial charge >= 0.3 is 0 Å². The van der Waals surface area contributed by atoms with Gasteiger partial charge in [0, 0.05) is 10.6 Å². The molecule has 1 aromatic carbocycles. The second-order valence-electron chi connectivity index (χ2n) is 5.74. The number of nitrogens with one attached hydrogen (secondary N) is 1. The average Bonchev–Trinajstić information content (AvgIpc) is 3.10. The summed E-state index contributed by atoms with van der Waals surface area (Å²) in [6, 6.07) is 12.6. The lowest BCUT2D eigenvalue weighted by Gasteiger charge is -2.21. The van der Waals surface area contributed by atoms with Gasteiger partial charge in [0.1, 0.15) is 11.2 Å². The first kappa shape index (κ1) is 16.1. The van der Waals surface area contributed by atoms with Crippen LogP contribution in [0.25, 0.3) is 11.3 Å². The van der Waals surface area contributed by atoms with Gasteiger partial charge < -0.3 is 9.73 Å². The fraction of sp³-hybridized carbons (Fsp3) is 0.176. The molecule has 122 valence electrons. The van der Waals surface area contributed by atoms with Crippen LogP contribution in [0.4, 0.5) is 0 Å². The van der Waals surface area contributed by atoms with Crippen LogP contribution in [0.1, 0.15) is 30.2 Å². The molecule has 0 aliphatic rings. The highest BCUT2D eigenvalue weighted by molar-refractivity contribution is 6.30. The van der Waals surface area contributed by atoms with Gasteiger partial charge in [-0.3, -0.25) is 4.79 Å². The van der Waals surface area contributed by atoms with E-state index in [-0.39, 0.29) is 5.91 Å². The Hall–Kier alpha value is -2.73. The van der Waals surface area contributed by atoms with Gasteiger partial charge in [-0.2, -0.15) is 0 Å². The van der Waals surface area contributed by atoms with E-state index in [1.54, 1.807) is 38.1 Å². The fourth-order valence-electron chi connectivity index (χ4n) is 2.22. The van der Waals surface area contributed by atoms with Gasteiger partial charge in [-0.15, -0.1) is 10.2 Å². The van der Waals surface area contributed by atoms with Crippen LogP contribution in [0.2, 0.25) is 5.02 Å². The van der Waals surface area contributed by atoms with Crippen molar-refractivity contribution >= 4 is 17.5 Å². The number of hydrogen-bond acceptors (Lipinski definition) is 5. The van der Waals surface area contributed by atoms with E-state index in [0.717, 1.165) is 5.56 Å². The zero-order chi connectivity index (χ0) is 17.2. The van der Waals surface area contributed by atoms with Gasteiger partial charge in [0.2, 0.25) is 12.3 Å². The van der Waals surface area contributed by atoms with E-state index in [1.165, 1.54) is 6.39 Å². The molecule has 24 heavy (non-hydrogen) atoms. The molecule has 0 aliphatic heterocycles. The summed E-state index contributed by atoms with van der Waals surface area (Å²) in [4.78, 5) is 16.9. The van der Waals surface area contributed by atoms with E-state index >= 15 is 0 Å². The van der Waals surface area contributed by atoms with Crippen molar-refractivity contribution in [3.05, 3.63) is 65.5 Å². The van der Waals surface area contributed by atoms with Crippen molar-refractivity contribution in [2.75, 3.05) is 0 Å². The van der Waals surface area contributed by atoms with E-state index in [4.69, 9.17) is 16.0 Å². The van der Waals surface area contributed by atoms with Crippen molar-refractivity contribution in [1.82, 2.24) is 20.5 Å². The van der Waals surface area contributed by atoms with Crippen molar-refractivity contribution in [1.29, 1.82) is 0 Å². The lowest BCUT2D eigenvalue weighted by molar-refractivity contribution is 0.0893. The molecule has 0 spiro atoms. The highest BCUT2D eigenvalue weighted by atomic mass is 35.5. The van der Waals surface area contributed by atoms with Crippen LogP contribution in [-0.4, -0.2) is 21.1 Å². The first-order valence-electron chi connectivity index (χ1n) is 7.28. The van der Waals surface area contributed by atoms with E-state index < -0.39 is 5.54 Å². The number of aromatic nitrogens is 3. The monoisotopic (exact) mass is 342 g/mol. The molecular weight excluding hydrogens is 328 g/mol. The fourth-order valence-corrected chi connectivity index (χ4v) is 2.41. The quantitative estimate of drug-likeness (QED) is 0.785. The average molecular weight is 343 g/mol. The minimum Gasteiger partial charge on any atom is -0.425 e. The number of rotatable bonds is 4. The first-order chi connectivity index (χ1) is 11.5. The van der Waals surface area contributed by atoms with Crippen molar-refractivity contribution < 1.29 is 9.21 Å². The maximum absolute atomic E-state index is 12.5. The molecule has 3 rings (SSSR count). The van der Waals surface area contributed by atoms with E-state index in [1.807, 2.05) is 18.2 Å². The van der Waals surface area contributed by atoms with Crippen molar-refractivity contribution in [3.63, 3.8) is 0 Å². The zero-order valence-corrected chi connectivity index (χ0v) is 13.9. The van der Waals surface area contributed by atoms with Crippen LogP contribution in [0.3, 0.4) is 0 Å². The molecule has 0 unspecified atom stereocenters. The molecule has 3 aromatic rings. The number of halogens is 1. The predicted molar refractivity (Wildman–Crippen MR) is 89.5 cm³/mol. The molecule has 0 bridgehead atoms. The van der Waals surface area contributed by atoms with Gasteiger partial charge in [-0.25, -0.2) is 4.98 Å². The number of nitrogens with zero attached hydrogens (tertiary/aromatic N) is 3. The standard InChI is InChI=1S/C17H15ClN4O2/c1-17(2,16-22-19-10-24-16)21-15(23)14-8-4-7-13(20-14)11-5-3-6-12(18)9-11/h3-10H,1-2H3,(H,21,23). The van der Waals surface area contributed by atoms with Gasteiger partial charge in [0.05, 0.1) is 5.69 Å². The largest absolute Gasteiger partial charge is 0.425 e. The maximum atomic E-state index is 12.5. The van der Waals surface area contributed by atoms with Crippen LogP contribution >= 0.6 is 11.6 Å². The second kappa shape index (κ2) is 6.41. The minimum atomic E-state index is -0.804. The summed E-state index contributed by atoms with van der Waals surface area (Å²) in [6.07, 6.45) is 1.22. The van der Waals surface area contributed by atoms with Crippen LogP contribution in [0.5, 0.6) is 0 Å². The summed E-state index contributed by atoms with van der Waals surface area (Å²) in [7, 11) is 0. The first-order valence-corrected chi connectivity index (χ1v) is 7.66. The lowest BCUT2D eigenvalue weighted by atomic mass is 10.1. The summed E-state index contributed by atoms with van der Waals surface area (Å²) in [5, 5.41) is 10.9. The Labute approximate surface area is 143 Å². The highest BCUT2D eigenvalue weighted by Crippen LogP contribution is 2.22. The molecule has 0 saturated heterocycles. The number of benzene rings is 1. The van der Waals surface area contributed by atoms with E-state index in [0.29, 0.717) is 22.3 Å². The number of pyridine rings is 1. The van der Waals surface area contributed by atoms with Crippen LogP contribution in [0, 0.1) is 0 Å². The third kappa shape index (κ3) is 3.44. The number of carbonyl (C=O) groups excluding carboxylic acids is 1. The Morgan fingerprint density at radius 3 is 2.71 bits per heavy atom. The maximum Gasteiger partial charge on any atom is 0.270 e. The molecule has 2 aromatic heterocycles. The van der Waals surface area contributed by atoms with Crippen LogP contribution in [0.15, 0.2) is 53.3 Å². The van der Waals surface area contributed by atoms with Crippen molar-refractivity contribution in [2.45, 2.75) is 19.4 Å². The molecule has 0 saturated carbocycles. The minimum absolute atomic E-state index is 0.292. The Bertz CT molecular complexity index is 863. The smallest absolute Gasteiger partial charge is 0.270 e. The number of hydrogen-bond donors (Lipinski definition) is 1. The topological polar surface area (TPSA) is 80.9 Å². The summed E-state index contributed by atoms with van der Waals surface area (Å²) >= 11 is 6.01. The summed E-state index contributed by atoms with van der Waals surface area (Å²) < 4.78 is 5.17. The zero-order valence-electron chi connectivity index (χ0n) is 13.2. The van der Waals surface area contributed by atoms with Crippen molar-refractivity contribution in [2.24, 2.45) is 0 Å². The molecule has 1 amide bonds. The number of carbonyl (C=O) groups is 1. The Kier molecular flexibility index (Phi) is 4.31. The Balaban J connectivity index is 1.85.